The summed E-state index contributed by atoms with van der Waals surface area (Å²) in [5.74, 6) is 1.34. The number of nitriles is 1. The van der Waals surface area contributed by atoms with E-state index in [2.05, 4.69) is 24.8 Å². The molecule has 1 aliphatic heterocycles. The lowest BCUT2D eigenvalue weighted by molar-refractivity contribution is 0.357. The predicted molar refractivity (Wildman–Crippen MR) is 71.3 cm³/mol. The van der Waals surface area contributed by atoms with Gasteiger partial charge < -0.3 is 4.90 Å². The average molecular weight is 249 g/mol. The summed E-state index contributed by atoms with van der Waals surface area (Å²) in [6.45, 7) is 6.55. The Labute approximate surface area is 108 Å². The van der Waals surface area contributed by atoms with Crippen LogP contribution in [0, 0.1) is 23.2 Å². The molecule has 0 aromatic heterocycles. The van der Waals surface area contributed by atoms with Gasteiger partial charge in [0, 0.05) is 13.1 Å². The molecule has 2 atom stereocenters. The van der Waals surface area contributed by atoms with Crippen LogP contribution in [0.25, 0.3) is 0 Å². The highest BCUT2D eigenvalue weighted by molar-refractivity contribution is 6.32. The van der Waals surface area contributed by atoms with Gasteiger partial charge in [-0.3, -0.25) is 0 Å². The van der Waals surface area contributed by atoms with Crippen molar-refractivity contribution in [3.63, 3.8) is 0 Å². The maximum Gasteiger partial charge on any atom is 0.103 e. The molecule has 0 spiro atoms. The molecule has 0 radical (unpaired) electrons. The Hall–Kier alpha value is -1.20. The highest BCUT2D eigenvalue weighted by Gasteiger charge is 2.24. The molecule has 1 fully saturated rings. The average Bonchev–Trinajstić information content (AvgIpc) is 2.27. The maximum absolute atomic E-state index is 9.20. The number of hydrogen-bond donors (Lipinski definition) is 0. The van der Waals surface area contributed by atoms with Crippen LogP contribution in [-0.2, 0) is 0 Å². The smallest absolute Gasteiger partial charge is 0.103 e. The van der Waals surface area contributed by atoms with Gasteiger partial charge in [0.05, 0.1) is 16.3 Å². The van der Waals surface area contributed by atoms with Gasteiger partial charge in [-0.15, -0.1) is 0 Å². The molecular weight excluding hydrogens is 232 g/mol. The van der Waals surface area contributed by atoms with Crippen LogP contribution in [0.4, 0.5) is 5.69 Å². The van der Waals surface area contributed by atoms with Gasteiger partial charge in [-0.2, -0.15) is 5.26 Å². The van der Waals surface area contributed by atoms with E-state index in [9.17, 15) is 5.26 Å². The standard InChI is InChI=1S/C14H17ClN2/c1-10-6-11(2)9-17(8-10)14-5-3-4-13(15)12(14)7-16/h3-5,10-11H,6,8-9H2,1-2H3. The van der Waals surface area contributed by atoms with Gasteiger partial charge in [0.2, 0.25) is 0 Å². The largest absolute Gasteiger partial charge is 0.370 e. The van der Waals surface area contributed by atoms with Gasteiger partial charge in [-0.25, -0.2) is 0 Å². The van der Waals surface area contributed by atoms with E-state index in [4.69, 9.17) is 11.6 Å². The summed E-state index contributed by atoms with van der Waals surface area (Å²) < 4.78 is 0. The highest BCUT2D eigenvalue weighted by Crippen LogP contribution is 2.31. The number of rotatable bonds is 1. The third-order valence-electron chi connectivity index (χ3n) is 3.31. The second-order valence-electron chi connectivity index (χ2n) is 5.10. The summed E-state index contributed by atoms with van der Waals surface area (Å²) in [4.78, 5) is 2.29. The fourth-order valence-corrected chi connectivity index (χ4v) is 2.96. The van der Waals surface area contributed by atoms with Gasteiger partial charge in [-0.05, 0) is 30.4 Å². The molecule has 17 heavy (non-hydrogen) atoms. The number of piperidine rings is 1. The van der Waals surface area contributed by atoms with Crippen LogP contribution < -0.4 is 4.90 Å². The molecule has 1 aromatic carbocycles. The fraction of sp³-hybridized carbons (Fsp3) is 0.500. The van der Waals surface area contributed by atoms with E-state index in [1.807, 2.05) is 12.1 Å². The van der Waals surface area contributed by atoms with Crippen LogP contribution in [0.15, 0.2) is 18.2 Å². The van der Waals surface area contributed by atoms with E-state index in [1.165, 1.54) is 6.42 Å². The van der Waals surface area contributed by atoms with Crippen molar-refractivity contribution in [2.24, 2.45) is 11.8 Å². The van der Waals surface area contributed by atoms with Crippen LogP contribution in [-0.4, -0.2) is 13.1 Å². The van der Waals surface area contributed by atoms with E-state index in [0.717, 1.165) is 18.8 Å². The van der Waals surface area contributed by atoms with E-state index >= 15 is 0 Å². The highest BCUT2D eigenvalue weighted by atomic mass is 35.5. The third-order valence-corrected chi connectivity index (χ3v) is 3.63. The molecule has 3 heteroatoms. The van der Waals surface area contributed by atoms with Crippen molar-refractivity contribution in [1.29, 1.82) is 5.26 Å². The Bertz CT molecular complexity index is 440. The summed E-state index contributed by atoms with van der Waals surface area (Å²) in [6.07, 6.45) is 1.26. The van der Waals surface area contributed by atoms with Crippen molar-refractivity contribution in [2.75, 3.05) is 18.0 Å². The lowest BCUT2D eigenvalue weighted by Crippen LogP contribution is -2.39. The zero-order valence-corrected chi connectivity index (χ0v) is 11.0. The lowest BCUT2D eigenvalue weighted by atomic mass is 9.91. The van der Waals surface area contributed by atoms with Crippen LogP contribution in [0.1, 0.15) is 25.8 Å². The van der Waals surface area contributed by atoms with E-state index < -0.39 is 0 Å². The molecule has 0 bridgehead atoms. The molecule has 90 valence electrons. The van der Waals surface area contributed by atoms with Crippen molar-refractivity contribution in [3.05, 3.63) is 28.8 Å². The Morgan fingerprint density at radius 1 is 1.29 bits per heavy atom. The zero-order valence-electron chi connectivity index (χ0n) is 10.3. The van der Waals surface area contributed by atoms with Crippen molar-refractivity contribution in [2.45, 2.75) is 20.3 Å². The minimum absolute atomic E-state index is 0.552. The fourth-order valence-electron chi connectivity index (χ4n) is 2.75. The third kappa shape index (κ3) is 2.56. The van der Waals surface area contributed by atoms with E-state index in [-0.39, 0.29) is 0 Å². The second-order valence-corrected chi connectivity index (χ2v) is 5.50. The predicted octanol–water partition coefficient (Wildman–Crippen LogP) is 3.69. The molecule has 0 saturated carbocycles. The number of nitrogens with zero attached hydrogens (tertiary/aromatic N) is 2. The molecule has 0 aliphatic carbocycles. The molecule has 2 unspecified atom stereocenters. The first-order valence-corrected chi connectivity index (χ1v) is 6.43. The SMILES string of the molecule is CC1CC(C)CN(c2cccc(Cl)c2C#N)C1. The van der Waals surface area contributed by atoms with Crippen LogP contribution >= 0.6 is 11.6 Å². The Balaban J connectivity index is 2.34. The van der Waals surface area contributed by atoms with Crippen LogP contribution in [0.3, 0.4) is 0 Å². The Morgan fingerprint density at radius 2 is 1.94 bits per heavy atom. The minimum atomic E-state index is 0.552. The first kappa shape index (κ1) is 12.3. The first-order valence-electron chi connectivity index (χ1n) is 6.05. The molecule has 2 nitrogen and oxygen atoms in total. The molecular formula is C14H17ClN2. The monoisotopic (exact) mass is 248 g/mol. The zero-order chi connectivity index (χ0) is 12.4. The van der Waals surface area contributed by atoms with E-state index in [1.54, 1.807) is 6.07 Å². The summed E-state index contributed by atoms with van der Waals surface area (Å²) >= 11 is 6.07. The number of benzene rings is 1. The molecule has 1 aromatic rings. The van der Waals surface area contributed by atoms with Gasteiger partial charge in [0.1, 0.15) is 6.07 Å². The van der Waals surface area contributed by atoms with Crippen molar-refractivity contribution < 1.29 is 0 Å². The molecule has 0 N–H and O–H groups in total. The molecule has 2 rings (SSSR count). The molecule has 1 aliphatic rings. The van der Waals surface area contributed by atoms with Crippen molar-refractivity contribution in [1.82, 2.24) is 0 Å². The summed E-state index contributed by atoms with van der Waals surface area (Å²) in [5, 5.41) is 9.75. The van der Waals surface area contributed by atoms with Crippen molar-refractivity contribution >= 4 is 17.3 Å². The molecule has 0 amide bonds. The van der Waals surface area contributed by atoms with Gasteiger partial charge in [0.15, 0.2) is 0 Å². The number of hydrogen-bond acceptors (Lipinski definition) is 2. The number of halogens is 1. The van der Waals surface area contributed by atoms with Crippen molar-refractivity contribution in [3.8, 4) is 6.07 Å². The molecule has 1 saturated heterocycles. The lowest BCUT2D eigenvalue weighted by Gasteiger charge is -2.37. The Morgan fingerprint density at radius 3 is 2.53 bits per heavy atom. The second kappa shape index (κ2) is 4.98. The number of anilines is 1. The quantitative estimate of drug-likeness (QED) is 0.758. The van der Waals surface area contributed by atoms with Crippen LogP contribution in [0.2, 0.25) is 5.02 Å². The van der Waals surface area contributed by atoms with Gasteiger partial charge in [0.25, 0.3) is 0 Å². The Kier molecular flexibility index (Phi) is 3.59. The summed E-state index contributed by atoms with van der Waals surface area (Å²) in [5.41, 5.74) is 1.59. The first-order chi connectivity index (χ1) is 8.11. The maximum atomic E-state index is 9.20. The van der Waals surface area contributed by atoms with E-state index in [0.29, 0.717) is 22.4 Å². The normalized spacial score (nSPS) is 24.5. The summed E-state index contributed by atoms with van der Waals surface area (Å²) in [6, 6.07) is 7.91. The summed E-state index contributed by atoms with van der Waals surface area (Å²) in [7, 11) is 0. The van der Waals surface area contributed by atoms with Crippen LogP contribution in [0.5, 0.6) is 0 Å². The molecule has 1 heterocycles. The topological polar surface area (TPSA) is 27.0 Å². The minimum Gasteiger partial charge on any atom is -0.370 e. The van der Waals surface area contributed by atoms with Gasteiger partial charge in [-0.1, -0.05) is 31.5 Å². The van der Waals surface area contributed by atoms with Gasteiger partial charge >= 0.3 is 0 Å².